The van der Waals surface area contributed by atoms with Crippen molar-refractivity contribution in [1.82, 2.24) is 9.97 Å². The molecule has 3 aromatic rings. The van der Waals surface area contributed by atoms with Gasteiger partial charge in [0.1, 0.15) is 5.82 Å². The average molecular weight is 420 g/mol. The maximum absolute atomic E-state index is 12.8. The summed E-state index contributed by atoms with van der Waals surface area (Å²) < 4.78 is 38.4. The third kappa shape index (κ3) is 4.36. The van der Waals surface area contributed by atoms with Crippen molar-refractivity contribution in [3.05, 3.63) is 70.5 Å². The van der Waals surface area contributed by atoms with Crippen LogP contribution in [-0.4, -0.2) is 21.2 Å². The molecule has 29 heavy (non-hydrogen) atoms. The molecule has 1 aliphatic carbocycles. The second-order valence-electron chi connectivity index (χ2n) is 6.95. The Bertz CT molecular complexity index is 1040. The number of nitrogens with one attached hydrogen (secondary N) is 1. The summed E-state index contributed by atoms with van der Waals surface area (Å²) in [7, 11) is 0. The Kier molecular flexibility index (Phi) is 5.19. The number of aliphatic hydroxyl groups is 1. The Morgan fingerprint density at radius 2 is 1.83 bits per heavy atom. The van der Waals surface area contributed by atoms with Gasteiger partial charge in [0.05, 0.1) is 17.4 Å². The Balaban J connectivity index is 1.65. The molecule has 1 aromatic heterocycles. The van der Waals surface area contributed by atoms with Crippen LogP contribution in [0.4, 0.5) is 24.7 Å². The van der Waals surface area contributed by atoms with E-state index in [1.165, 1.54) is 17.7 Å². The number of alkyl halides is 3. The zero-order valence-corrected chi connectivity index (χ0v) is 15.9. The fraction of sp³-hybridized carbons (Fsp3) is 0.238. The molecule has 8 heteroatoms. The topological polar surface area (TPSA) is 58.0 Å². The molecule has 0 fully saturated rings. The summed E-state index contributed by atoms with van der Waals surface area (Å²) in [5.74, 6) is 0.424. The third-order valence-electron chi connectivity index (χ3n) is 4.93. The van der Waals surface area contributed by atoms with Gasteiger partial charge >= 0.3 is 6.18 Å². The molecule has 0 aliphatic heterocycles. The number of fused-ring (bicyclic) bond motifs is 1. The number of aliphatic hydroxyl groups excluding tert-OH is 1. The van der Waals surface area contributed by atoms with Gasteiger partial charge in [-0.15, -0.1) is 0 Å². The molecule has 1 atom stereocenters. The van der Waals surface area contributed by atoms with E-state index in [9.17, 15) is 18.3 Å². The minimum atomic E-state index is -4.40. The highest BCUT2D eigenvalue weighted by atomic mass is 35.5. The van der Waals surface area contributed by atoms with Gasteiger partial charge in [0.25, 0.3) is 0 Å². The molecule has 2 N–H and O–H groups in total. The first kappa shape index (κ1) is 19.7. The van der Waals surface area contributed by atoms with Gasteiger partial charge < -0.3 is 10.4 Å². The standard InChI is InChI=1S/C21H17ClF3N3O/c22-20-27-18(13-4-7-14(8-5-13)21(23,24)25)11-19(28-20)26-17-3-1-2-12-6-9-15(29)10-16(12)17/h1-5,7-8,11,15,29H,6,9-10H2,(H,26,27,28)/t15-/m0/s1. The average Bonchev–Trinajstić information content (AvgIpc) is 2.67. The van der Waals surface area contributed by atoms with Gasteiger partial charge in [0.15, 0.2) is 0 Å². The van der Waals surface area contributed by atoms with Gasteiger partial charge in [0.2, 0.25) is 5.28 Å². The number of aryl methyl sites for hydroxylation is 1. The number of benzene rings is 2. The largest absolute Gasteiger partial charge is 0.416 e. The van der Waals surface area contributed by atoms with E-state index in [1.807, 2.05) is 18.2 Å². The summed E-state index contributed by atoms with van der Waals surface area (Å²) in [6.07, 6.45) is -2.71. The predicted octanol–water partition coefficient (Wildman–Crippen LogP) is 5.41. The summed E-state index contributed by atoms with van der Waals surface area (Å²) >= 11 is 6.05. The minimum Gasteiger partial charge on any atom is -0.393 e. The highest BCUT2D eigenvalue weighted by Crippen LogP contribution is 2.33. The van der Waals surface area contributed by atoms with Crippen LogP contribution >= 0.6 is 11.6 Å². The van der Waals surface area contributed by atoms with E-state index in [1.54, 1.807) is 6.07 Å². The molecule has 0 bridgehead atoms. The van der Waals surface area contributed by atoms with Crippen LogP contribution in [0.25, 0.3) is 11.3 Å². The van der Waals surface area contributed by atoms with E-state index >= 15 is 0 Å². The lowest BCUT2D eigenvalue weighted by molar-refractivity contribution is -0.137. The third-order valence-corrected chi connectivity index (χ3v) is 5.10. The van der Waals surface area contributed by atoms with Crippen LogP contribution in [0.2, 0.25) is 5.28 Å². The summed E-state index contributed by atoms with van der Waals surface area (Å²) in [5, 5.41) is 13.2. The molecule has 1 aliphatic rings. The molecule has 0 amide bonds. The first-order valence-electron chi connectivity index (χ1n) is 9.07. The van der Waals surface area contributed by atoms with Gasteiger partial charge in [-0.25, -0.2) is 9.97 Å². The number of halogens is 4. The molecule has 0 radical (unpaired) electrons. The van der Waals surface area contributed by atoms with Crippen LogP contribution in [0, 0.1) is 0 Å². The number of hydrogen-bond donors (Lipinski definition) is 2. The number of anilines is 2. The van der Waals surface area contributed by atoms with E-state index < -0.39 is 11.7 Å². The first-order valence-corrected chi connectivity index (χ1v) is 9.45. The van der Waals surface area contributed by atoms with Crippen molar-refractivity contribution in [1.29, 1.82) is 0 Å². The molecule has 1 heterocycles. The Labute approximate surface area is 170 Å². The lowest BCUT2D eigenvalue weighted by Gasteiger charge is -2.23. The maximum atomic E-state index is 12.8. The molecule has 0 saturated carbocycles. The second-order valence-corrected chi connectivity index (χ2v) is 7.29. The number of hydrogen-bond acceptors (Lipinski definition) is 4. The van der Waals surface area contributed by atoms with Crippen LogP contribution in [0.15, 0.2) is 48.5 Å². The lowest BCUT2D eigenvalue weighted by atomic mass is 9.88. The van der Waals surface area contributed by atoms with Crippen LogP contribution in [0.5, 0.6) is 0 Å². The van der Waals surface area contributed by atoms with Crippen molar-refractivity contribution in [2.24, 2.45) is 0 Å². The number of nitrogens with zero attached hydrogens (tertiary/aromatic N) is 2. The van der Waals surface area contributed by atoms with E-state index in [4.69, 9.17) is 11.6 Å². The van der Waals surface area contributed by atoms with Crippen molar-refractivity contribution in [2.75, 3.05) is 5.32 Å². The lowest BCUT2D eigenvalue weighted by Crippen LogP contribution is -2.19. The monoisotopic (exact) mass is 419 g/mol. The van der Waals surface area contributed by atoms with Crippen LogP contribution < -0.4 is 5.32 Å². The Morgan fingerprint density at radius 3 is 2.55 bits per heavy atom. The summed E-state index contributed by atoms with van der Waals surface area (Å²) in [6.45, 7) is 0. The quantitative estimate of drug-likeness (QED) is 0.557. The summed E-state index contributed by atoms with van der Waals surface area (Å²) in [6, 6.07) is 12.2. The predicted molar refractivity (Wildman–Crippen MR) is 105 cm³/mol. The Hall–Kier alpha value is -2.64. The zero-order chi connectivity index (χ0) is 20.6. The van der Waals surface area contributed by atoms with Crippen molar-refractivity contribution in [3.8, 4) is 11.3 Å². The smallest absolute Gasteiger partial charge is 0.393 e. The molecule has 0 unspecified atom stereocenters. The second kappa shape index (κ2) is 7.65. The fourth-order valence-electron chi connectivity index (χ4n) is 3.48. The van der Waals surface area contributed by atoms with Gasteiger partial charge in [0, 0.05) is 23.7 Å². The van der Waals surface area contributed by atoms with Crippen molar-refractivity contribution in [2.45, 2.75) is 31.5 Å². The number of aromatic nitrogens is 2. The first-order chi connectivity index (χ1) is 13.8. The molecule has 0 saturated heterocycles. The normalized spacial score (nSPS) is 16.4. The van der Waals surface area contributed by atoms with E-state index in [-0.39, 0.29) is 11.4 Å². The van der Waals surface area contributed by atoms with Gasteiger partial charge in [-0.2, -0.15) is 13.2 Å². The molecule has 0 spiro atoms. The maximum Gasteiger partial charge on any atom is 0.416 e. The van der Waals surface area contributed by atoms with Crippen molar-refractivity contribution < 1.29 is 18.3 Å². The Morgan fingerprint density at radius 1 is 1.07 bits per heavy atom. The zero-order valence-electron chi connectivity index (χ0n) is 15.2. The van der Waals surface area contributed by atoms with E-state index in [0.717, 1.165) is 36.2 Å². The van der Waals surface area contributed by atoms with Crippen LogP contribution in [-0.2, 0) is 19.0 Å². The molecule has 4 rings (SSSR count). The van der Waals surface area contributed by atoms with Crippen molar-refractivity contribution >= 4 is 23.1 Å². The molecule has 2 aromatic carbocycles. The fourth-order valence-corrected chi connectivity index (χ4v) is 3.67. The summed E-state index contributed by atoms with van der Waals surface area (Å²) in [4.78, 5) is 8.31. The van der Waals surface area contributed by atoms with E-state index in [0.29, 0.717) is 23.5 Å². The SMILES string of the molecule is O[C@H]1CCc2cccc(Nc3cc(-c4ccc(C(F)(F)F)cc4)nc(Cl)n3)c2C1. The van der Waals surface area contributed by atoms with Crippen LogP contribution in [0.3, 0.4) is 0 Å². The van der Waals surface area contributed by atoms with Gasteiger partial charge in [-0.05, 0) is 53.8 Å². The molecular weight excluding hydrogens is 403 g/mol. The van der Waals surface area contributed by atoms with Crippen molar-refractivity contribution in [3.63, 3.8) is 0 Å². The minimum absolute atomic E-state index is 0.0188. The van der Waals surface area contributed by atoms with E-state index in [2.05, 4.69) is 15.3 Å². The highest BCUT2D eigenvalue weighted by molar-refractivity contribution is 6.28. The molecule has 150 valence electrons. The highest BCUT2D eigenvalue weighted by Gasteiger charge is 2.30. The molecule has 4 nitrogen and oxygen atoms in total. The summed E-state index contributed by atoms with van der Waals surface area (Å²) in [5.41, 5.74) is 3.19. The van der Waals surface area contributed by atoms with Gasteiger partial charge in [-0.3, -0.25) is 0 Å². The van der Waals surface area contributed by atoms with Gasteiger partial charge in [-0.1, -0.05) is 24.3 Å². The molecular formula is C21H17ClF3N3O. The van der Waals surface area contributed by atoms with Crippen LogP contribution in [0.1, 0.15) is 23.1 Å². The number of rotatable bonds is 3.